The van der Waals surface area contributed by atoms with Gasteiger partial charge in [0.25, 0.3) is 0 Å². The Morgan fingerprint density at radius 3 is 1.48 bits per heavy atom. The van der Waals surface area contributed by atoms with E-state index in [9.17, 15) is 0 Å². The molecular weight excluding hydrogens is 256 g/mol. The first-order valence-electron chi connectivity index (χ1n) is 7.67. The van der Waals surface area contributed by atoms with Crippen molar-refractivity contribution in [3.8, 4) is 0 Å². The molecule has 0 unspecified atom stereocenters. The Hall–Kier alpha value is -2.22. The lowest BCUT2D eigenvalue weighted by atomic mass is 10.0. The Bertz CT molecular complexity index is 635. The van der Waals surface area contributed by atoms with Crippen molar-refractivity contribution in [2.75, 3.05) is 0 Å². The van der Waals surface area contributed by atoms with Gasteiger partial charge in [-0.25, -0.2) is 0 Å². The summed E-state index contributed by atoms with van der Waals surface area (Å²) in [7, 11) is 0. The zero-order valence-electron chi connectivity index (χ0n) is 12.0. The van der Waals surface area contributed by atoms with Crippen molar-refractivity contribution in [2.45, 2.75) is 31.3 Å². The van der Waals surface area contributed by atoms with Crippen molar-refractivity contribution < 1.29 is 0 Å². The topological polar surface area (TPSA) is 24.7 Å². The van der Waals surface area contributed by atoms with E-state index in [4.69, 9.17) is 9.98 Å². The maximum absolute atomic E-state index is 5.06. The molecule has 0 saturated heterocycles. The molecule has 0 bridgehead atoms. The third-order valence-electron chi connectivity index (χ3n) is 4.36. The molecule has 1 heterocycles. The summed E-state index contributed by atoms with van der Waals surface area (Å²) in [4.78, 5) is 10.1. The average molecular weight is 274 g/mol. The van der Waals surface area contributed by atoms with E-state index in [1.54, 1.807) is 0 Å². The molecule has 0 amide bonds. The minimum atomic E-state index is -0.184. The number of hydrogen-bond acceptors (Lipinski definition) is 2. The van der Waals surface area contributed by atoms with Crippen LogP contribution < -0.4 is 0 Å². The SMILES string of the molecule is c1ccc(C2=NC3(CCCC3)N=C2c2ccccc2)cc1. The molecule has 104 valence electrons. The standard InChI is InChI=1S/C19H18N2/c1-3-9-15(10-4-1)17-18(16-11-5-2-6-12-16)21-19(20-17)13-7-8-14-19/h1-6,9-12H,7-8,13-14H2. The molecule has 1 spiro atoms. The van der Waals surface area contributed by atoms with Crippen LogP contribution in [-0.2, 0) is 0 Å². The van der Waals surface area contributed by atoms with Crippen molar-refractivity contribution in [1.29, 1.82) is 0 Å². The van der Waals surface area contributed by atoms with E-state index in [1.165, 1.54) is 24.0 Å². The second-order valence-corrected chi connectivity index (χ2v) is 5.84. The second-order valence-electron chi connectivity index (χ2n) is 5.84. The lowest BCUT2D eigenvalue weighted by Crippen LogP contribution is -2.15. The Balaban J connectivity index is 1.84. The molecule has 1 aliphatic carbocycles. The van der Waals surface area contributed by atoms with Crippen molar-refractivity contribution in [3.63, 3.8) is 0 Å². The van der Waals surface area contributed by atoms with Crippen molar-refractivity contribution >= 4 is 11.4 Å². The molecule has 1 aliphatic heterocycles. The van der Waals surface area contributed by atoms with Gasteiger partial charge in [-0.3, -0.25) is 9.98 Å². The minimum Gasteiger partial charge on any atom is -0.253 e. The largest absolute Gasteiger partial charge is 0.253 e. The highest BCUT2D eigenvalue weighted by Crippen LogP contribution is 2.39. The first kappa shape index (κ1) is 12.5. The fourth-order valence-electron chi connectivity index (χ4n) is 3.31. The van der Waals surface area contributed by atoms with Crippen LogP contribution in [0.2, 0.25) is 0 Å². The first-order valence-corrected chi connectivity index (χ1v) is 7.67. The van der Waals surface area contributed by atoms with Gasteiger partial charge in [0.05, 0.1) is 11.4 Å². The summed E-state index contributed by atoms with van der Waals surface area (Å²) in [5.41, 5.74) is 4.27. The molecular formula is C19H18N2. The van der Waals surface area contributed by atoms with E-state index in [-0.39, 0.29) is 5.66 Å². The Kier molecular flexibility index (Phi) is 2.95. The van der Waals surface area contributed by atoms with Crippen molar-refractivity contribution in [3.05, 3.63) is 71.8 Å². The van der Waals surface area contributed by atoms with E-state index >= 15 is 0 Å². The van der Waals surface area contributed by atoms with Crippen LogP contribution in [-0.4, -0.2) is 17.1 Å². The lowest BCUT2D eigenvalue weighted by molar-refractivity contribution is 0.476. The highest BCUT2D eigenvalue weighted by molar-refractivity contribution is 6.54. The molecule has 1 saturated carbocycles. The molecule has 4 rings (SSSR count). The molecule has 0 N–H and O–H groups in total. The zero-order valence-corrected chi connectivity index (χ0v) is 12.0. The van der Waals surface area contributed by atoms with Gasteiger partial charge in [0, 0.05) is 11.1 Å². The normalized spacial score (nSPS) is 19.6. The summed E-state index contributed by atoms with van der Waals surface area (Å²) in [5.74, 6) is 0. The number of aliphatic imine (C=N–C) groups is 2. The summed E-state index contributed by atoms with van der Waals surface area (Å²) in [6.45, 7) is 0. The highest BCUT2D eigenvalue weighted by atomic mass is 15.1. The fraction of sp³-hybridized carbons (Fsp3) is 0.263. The van der Waals surface area contributed by atoms with Gasteiger partial charge >= 0.3 is 0 Å². The number of nitrogens with zero attached hydrogens (tertiary/aromatic N) is 2. The summed E-state index contributed by atoms with van der Waals surface area (Å²) in [6.07, 6.45) is 4.63. The summed E-state index contributed by atoms with van der Waals surface area (Å²) >= 11 is 0. The molecule has 2 heteroatoms. The van der Waals surface area contributed by atoms with Crippen LogP contribution in [0.5, 0.6) is 0 Å². The quantitative estimate of drug-likeness (QED) is 0.782. The van der Waals surface area contributed by atoms with E-state index in [2.05, 4.69) is 48.5 Å². The molecule has 2 aromatic carbocycles. The Morgan fingerprint density at radius 2 is 1.05 bits per heavy atom. The maximum atomic E-state index is 5.06. The predicted octanol–water partition coefficient (Wildman–Crippen LogP) is 4.25. The summed E-state index contributed by atoms with van der Waals surface area (Å²) in [6, 6.07) is 20.9. The Labute approximate surface area is 125 Å². The maximum Gasteiger partial charge on any atom is 0.151 e. The van der Waals surface area contributed by atoms with E-state index in [0.29, 0.717) is 0 Å². The summed E-state index contributed by atoms with van der Waals surface area (Å²) < 4.78 is 0. The van der Waals surface area contributed by atoms with Gasteiger partial charge in [0.1, 0.15) is 0 Å². The Morgan fingerprint density at radius 1 is 0.619 bits per heavy atom. The molecule has 2 aromatic rings. The van der Waals surface area contributed by atoms with Gasteiger partial charge < -0.3 is 0 Å². The smallest absolute Gasteiger partial charge is 0.151 e. The molecule has 2 aliphatic rings. The molecule has 0 aromatic heterocycles. The second kappa shape index (κ2) is 4.96. The van der Waals surface area contributed by atoms with E-state index in [0.717, 1.165) is 24.3 Å². The van der Waals surface area contributed by atoms with E-state index < -0.39 is 0 Å². The van der Waals surface area contributed by atoms with E-state index in [1.807, 2.05) is 12.1 Å². The van der Waals surface area contributed by atoms with Crippen LogP contribution in [0.15, 0.2) is 70.6 Å². The molecule has 0 radical (unpaired) electrons. The predicted molar refractivity (Wildman–Crippen MR) is 87.2 cm³/mol. The van der Waals surface area contributed by atoms with Crippen molar-refractivity contribution in [2.24, 2.45) is 9.98 Å². The third kappa shape index (κ3) is 2.21. The van der Waals surface area contributed by atoms with Crippen molar-refractivity contribution in [1.82, 2.24) is 0 Å². The monoisotopic (exact) mass is 274 g/mol. The fourth-order valence-corrected chi connectivity index (χ4v) is 3.31. The van der Waals surface area contributed by atoms with Gasteiger partial charge in [-0.2, -0.15) is 0 Å². The molecule has 0 atom stereocenters. The van der Waals surface area contributed by atoms with Crippen LogP contribution in [0.25, 0.3) is 0 Å². The van der Waals surface area contributed by atoms with Crippen LogP contribution >= 0.6 is 0 Å². The minimum absolute atomic E-state index is 0.184. The molecule has 2 nitrogen and oxygen atoms in total. The van der Waals surface area contributed by atoms with Gasteiger partial charge in [-0.15, -0.1) is 0 Å². The van der Waals surface area contributed by atoms with Gasteiger partial charge in [-0.05, 0) is 25.7 Å². The van der Waals surface area contributed by atoms with Gasteiger partial charge in [0.2, 0.25) is 0 Å². The first-order chi connectivity index (χ1) is 10.4. The van der Waals surface area contributed by atoms with Gasteiger partial charge in [-0.1, -0.05) is 60.7 Å². The zero-order chi connectivity index (χ0) is 14.1. The van der Waals surface area contributed by atoms with Crippen LogP contribution in [0.1, 0.15) is 36.8 Å². The van der Waals surface area contributed by atoms with Gasteiger partial charge in [0.15, 0.2) is 5.66 Å². The van der Waals surface area contributed by atoms with Crippen LogP contribution in [0, 0.1) is 0 Å². The number of benzene rings is 2. The van der Waals surface area contributed by atoms with Crippen LogP contribution in [0.4, 0.5) is 0 Å². The lowest BCUT2D eigenvalue weighted by Gasteiger charge is -2.14. The third-order valence-corrected chi connectivity index (χ3v) is 4.36. The number of rotatable bonds is 2. The highest BCUT2D eigenvalue weighted by Gasteiger charge is 2.39. The number of hydrogen-bond donors (Lipinski definition) is 0. The molecule has 21 heavy (non-hydrogen) atoms. The molecule has 1 fully saturated rings. The van der Waals surface area contributed by atoms with Crippen LogP contribution in [0.3, 0.4) is 0 Å². The summed E-state index contributed by atoms with van der Waals surface area (Å²) in [5, 5.41) is 0. The average Bonchev–Trinajstić information content (AvgIpc) is 3.17.